The van der Waals surface area contributed by atoms with E-state index < -0.39 is 0 Å². The number of benzene rings is 1. The average molecular weight is 301 g/mol. The first kappa shape index (κ1) is 16.3. The Morgan fingerprint density at radius 1 is 1.36 bits per heavy atom. The Labute approximate surface area is 131 Å². The third-order valence-corrected chi connectivity index (χ3v) is 4.11. The fourth-order valence-corrected chi connectivity index (χ4v) is 2.87. The van der Waals surface area contributed by atoms with Crippen LogP contribution in [-0.2, 0) is 14.4 Å². The van der Waals surface area contributed by atoms with Crippen molar-refractivity contribution in [3.63, 3.8) is 0 Å². The number of hydrogen-bond acceptors (Lipinski definition) is 4. The Bertz CT molecular complexity index is 565. The maximum Gasteiger partial charge on any atom is 0.302 e. The Morgan fingerprint density at radius 3 is 2.73 bits per heavy atom. The Morgan fingerprint density at radius 2 is 2.09 bits per heavy atom. The van der Waals surface area contributed by atoms with Crippen molar-refractivity contribution in [2.75, 3.05) is 13.7 Å². The zero-order chi connectivity index (χ0) is 16.0. The van der Waals surface area contributed by atoms with Gasteiger partial charge in [-0.05, 0) is 31.2 Å². The lowest BCUT2D eigenvalue weighted by atomic mass is 9.93. The van der Waals surface area contributed by atoms with E-state index >= 15 is 0 Å². The number of hydrogen-bond donors (Lipinski definition) is 0. The van der Waals surface area contributed by atoms with Crippen LogP contribution in [0.5, 0.6) is 0 Å². The molecular weight excluding hydrogens is 278 g/mol. The van der Waals surface area contributed by atoms with Crippen LogP contribution in [0.25, 0.3) is 0 Å². The van der Waals surface area contributed by atoms with Crippen LogP contribution in [0.4, 0.5) is 0 Å². The molecule has 0 heterocycles. The molecule has 0 unspecified atom stereocenters. The van der Waals surface area contributed by atoms with Gasteiger partial charge in [0.2, 0.25) is 0 Å². The molecule has 4 nitrogen and oxygen atoms in total. The van der Waals surface area contributed by atoms with Crippen molar-refractivity contribution in [1.82, 2.24) is 0 Å². The summed E-state index contributed by atoms with van der Waals surface area (Å²) in [6.45, 7) is 3.84. The van der Waals surface area contributed by atoms with Crippen molar-refractivity contribution in [3.8, 4) is 0 Å². The number of esters is 1. The van der Waals surface area contributed by atoms with E-state index in [2.05, 4.69) is 41.6 Å². The summed E-state index contributed by atoms with van der Waals surface area (Å²) in [6, 6.07) is 10.5. The molecular formula is C18H23NO3. The van der Waals surface area contributed by atoms with Gasteiger partial charge in [0.05, 0.1) is 12.3 Å². The van der Waals surface area contributed by atoms with Crippen LogP contribution in [0, 0.1) is 5.41 Å². The van der Waals surface area contributed by atoms with Crippen molar-refractivity contribution in [3.05, 3.63) is 48.0 Å². The van der Waals surface area contributed by atoms with Gasteiger partial charge in [-0.25, -0.2) is 0 Å². The van der Waals surface area contributed by atoms with Gasteiger partial charge in [0.25, 0.3) is 0 Å². The van der Waals surface area contributed by atoms with Gasteiger partial charge in [-0.1, -0.05) is 47.6 Å². The minimum absolute atomic E-state index is 0.0758. The van der Waals surface area contributed by atoms with E-state index in [1.807, 2.05) is 13.0 Å². The van der Waals surface area contributed by atoms with Crippen LogP contribution in [-0.4, -0.2) is 25.4 Å². The first-order valence-corrected chi connectivity index (χ1v) is 7.54. The van der Waals surface area contributed by atoms with E-state index in [0.717, 1.165) is 12.1 Å². The first-order chi connectivity index (χ1) is 10.6. The van der Waals surface area contributed by atoms with E-state index in [1.54, 1.807) is 7.11 Å². The summed E-state index contributed by atoms with van der Waals surface area (Å²) in [6.07, 6.45) is 6.00. The maximum absolute atomic E-state index is 10.8. The molecule has 2 atom stereocenters. The van der Waals surface area contributed by atoms with Crippen LogP contribution in [0.2, 0.25) is 0 Å². The summed E-state index contributed by atoms with van der Waals surface area (Å²) < 4.78 is 4.95. The average Bonchev–Trinajstić information content (AvgIpc) is 3.24. The summed E-state index contributed by atoms with van der Waals surface area (Å²) in [5.41, 5.74) is 2.22. The number of oxime groups is 1. The lowest BCUT2D eigenvalue weighted by Crippen LogP contribution is -2.12. The molecule has 0 bridgehead atoms. The maximum atomic E-state index is 10.8. The summed E-state index contributed by atoms with van der Waals surface area (Å²) in [4.78, 5) is 15.7. The largest absolute Gasteiger partial charge is 0.466 e. The number of carbonyl (C=O) groups excluding carboxylic acids is 1. The summed E-state index contributed by atoms with van der Waals surface area (Å²) in [5, 5.41) is 4.14. The number of rotatable bonds is 7. The molecule has 2 rings (SSSR count). The van der Waals surface area contributed by atoms with Gasteiger partial charge in [-0.2, -0.15) is 0 Å². The summed E-state index contributed by atoms with van der Waals surface area (Å²) in [5.74, 6) is 0.186. The Hall–Kier alpha value is -2.10. The highest BCUT2D eigenvalue weighted by Crippen LogP contribution is 2.61. The Kier molecular flexibility index (Phi) is 5.36. The molecule has 0 aliphatic heterocycles. The number of ether oxygens (including phenoxy) is 1. The van der Waals surface area contributed by atoms with E-state index in [9.17, 15) is 4.79 Å². The van der Waals surface area contributed by atoms with E-state index in [1.165, 1.54) is 12.5 Å². The number of carbonyl (C=O) groups is 1. The zero-order valence-corrected chi connectivity index (χ0v) is 13.4. The molecule has 1 aliphatic rings. The zero-order valence-electron chi connectivity index (χ0n) is 13.4. The van der Waals surface area contributed by atoms with Crippen molar-refractivity contribution < 1.29 is 14.4 Å². The minimum atomic E-state index is -0.242. The second-order valence-electron chi connectivity index (χ2n) is 5.60. The minimum Gasteiger partial charge on any atom is -0.466 e. The second-order valence-corrected chi connectivity index (χ2v) is 5.60. The lowest BCUT2D eigenvalue weighted by molar-refractivity contribution is -0.140. The monoisotopic (exact) mass is 301 g/mol. The third-order valence-electron chi connectivity index (χ3n) is 4.11. The molecule has 1 aromatic carbocycles. The molecule has 1 aliphatic carbocycles. The first-order valence-electron chi connectivity index (χ1n) is 7.54. The summed E-state index contributed by atoms with van der Waals surface area (Å²) >= 11 is 0. The van der Waals surface area contributed by atoms with Crippen molar-refractivity contribution >= 4 is 11.7 Å². The molecule has 118 valence electrons. The highest BCUT2D eigenvalue weighted by Gasteiger charge is 2.55. The van der Waals surface area contributed by atoms with Crippen LogP contribution < -0.4 is 0 Å². The second kappa shape index (κ2) is 7.25. The fraction of sp³-hybridized carbons (Fsp3) is 0.444. The smallest absolute Gasteiger partial charge is 0.302 e. The van der Waals surface area contributed by atoms with E-state index in [0.29, 0.717) is 18.9 Å². The van der Waals surface area contributed by atoms with Crippen LogP contribution in [0.3, 0.4) is 0 Å². The predicted octanol–water partition coefficient (Wildman–Crippen LogP) is 3.69. The third kappa shape index (κ3) is 3.75. The van der Waals surface area contributed by atoms with Gasteiger partial charge < -0.3 is 9.57 Å². The molecule has 0 radical (unpaired) electrons. The van der Waals surface area contributed by atoms with Gasteiger partial charge >= 0.3 is 5.97 Å². The molecule has 1 aromatic rings. The molecule has 1 fully saturated rings. The van der Waals surface area contributed by atoms with Gasteiger partial charge in [-0.15, -0.1) is 0 Å². The highest BCUT2D eigenvalue weighted by molar-refractivity contribution is 5.93. The molecule has 0 N–H and O–H groups in total. The van der Waals surface area contributed by atoms with E-state index in [-0.39, 0.29) is 11.4 Å². The van der Waals surface area contributed by atoms with Crippen LogP contribution in [0.15, 0.2) is 47.6 Å². The van der Waals surface area contributed by atoms with E-state index in [4.69, 9.17) is 9.57 Å². The van der Waals surface area contributed by atoms with Gasteiger partial charge in [-0.3, -0.25) is 4.79 Å². The number of allylic oxidation sites excluding steroid dienone is 1. The molecule has 1 saturated carbocycles. The lowest BCUT2D eigenvalue weighted by Gasteiger charge is -2.12. The number of nitrogens with zero attached hydrogens (tertiary/aromatic N) is 1. The SMILES string of the molecule is CO/N=C(/C)[C@]1(/C=C/CCOC(C)=O)C[C@H]1c1ccccc1. The summed E-state index contributed by atoms with van der Waals surface area (Å²) in [7, 11) is 1.57. The molecule has 22 heavy (non-hydrogen) atoms. The van der Waals surface area contributed by atoms with Crippen LogP contribution >= 0.6 is 0 Å². The highest BCUT2D eigenvalue weighted by atomic mass is 16.6. The molecule has 0 saturated heterocycles. The normalized spacial score (nSPS) is 24.3. The van der Waals surface area contributed by atoms with Gasteiger partial charge in [0.1, 0.15) is 7.11 Å². The topological polar surface area (TPSA) is 47.9 Å². The molecule has 0 aromatic heterocycles. The van der Waals surface area contributed by atoms with Gasteiger partial charge in [0.15, 0.2) is 0 Å². The van der Waals surface area contributed by atoms with Crippen molar-refractivity contribution in [2.24, 2.45) is 10.6 Å². The Balaban J connectivity index is 2.07. The van der Waals surface area contributed by atoms with Crippen molar-refractivity contribution in [2.45, 2.75) is 32.6 Å². The standard InChI is InChI=1S/C18H23NO3/c1-14(19-21-3)18(11-7-8-12-22-15(2)20)13-17(18)16-9-5-4-6-10-16/h4-7,9-11,17H,8,12-13H2,1-3H3/b11-7+,19-14-/t17-,18-/m0/s1. The molecule has 0 spiro atoms. The molecule has 0 amide bonds. The van der Waals surface area contributed by atoms with Gasteiger partial charge in [0, 0.05) is 12.3 Å². The predicted molar refractivity (Wildman–Crippen MR) is 86.7 cm³/mol. The fourth-order valence-electron chi connectivity index (χ4n) is 2.87. The van der Waals surface area contributed by atoms with Crippen LogP contribution in [0.1, 0.15) is 38.2 Å². The quantitative estimate of drug-likeness (QED) is 0.254. The molecule has 4 heteroatoms. The van der Waals surface area contributed by atoms with Crippen molar-refractivity contribution in [1.29, 1.82) is 0 Å².